The third-order valence-corrected chi connectivity index (χ3v) is 3.37. The van der Waals surface area contributed by atoms with Crippen molar-refractivity contribution in [3.8, 4) is 0 Å². The van der Waals surface area contributed by atoms with Gasteiger partial charge in [-0.1, -0.05) is 11.6 Å². The van der Waals surface area contributed by atoms with Crippen LogP contribution in [0.1, 0.15) is 16.1 Å². The number of halogens is 2. The minimum Gasteiger partial charge on any atom is -0.322 e. The van der Waals surface area contributed by atoms with Crippen molar-refractivity contribution in [2.75, 3.05) is 5.32 Å². The maximum absolute atomic E-state index is 12.0. The maximum atomic E-state index is 12.0. The van der Waals surface area contributed by atoms with Gasteiger partial charge in [-0.25, -0.2) is 0 Å². The number of benzene rings is 1. The van der Waals surface area contributed by atoms with Gasteiger partial charge in [-0.3, -0.25) is 9.78 Å². The molecule has 0 aliphatic carbocycles. The Morgan fingerprint density at radius 1 is 1.33 bits per heavy atom. The fourth-order valence-electron chi connectivity index (χ4n) is 1.43. The van der Waals surface area contributed by atoms with E-state index in [9.17, 15) is 4.79 Å². The second-order valence-electron chi connectivity index (χ2n) is 3.77. The summed E-state index contributed by atoms with van der Waals surface area (Å²) in [6.45, 7) is 1.83. The van der Waals surface area contributed by atoms with Gasteiger partial charge >= 0.3 is 0 Å². The third kappa shape index (κ3) is 3.20. The Morgan fingerprint density at radius 2 is 2.00 bits per heavy atom. The van der Waals surface area contributed by atoms with Crippen LogP contribution in [0.3, 0.4) is 0 Å². The molecular weight excluding hydrogens is 363 g/mol. The first-order valence-corrected chi connectivity index (χ1v) is 6.71. The molecule has 0 unspecified atom stereocenters. The zero-order valence-electron chi connectivity index (χ0n) is 9.58. The van der Waals surface area contributed by atoms with E-state index in [2.05, 4.69) is 32.9 Å². The van der Waals surface area contributed by atoms with Crippen LogP contribution in [0.25, 0.3) is 0 Å². The summed E-state index contributed by atoms with van der Waals surface area (Å²) in [6, 6.07) is 9.20. The molecule has 0 saturated carbocycles. The quantitative estimate of drug-likeness (QED) is 0.813. The van der Waals surface area contributed by atoms with Crippen LogP contribution >= 0.6 is 34.2 Å². The Morgan fingerprint density at radius 3 is 2.61 bits per heavy atom. The molecule has 0 fully saturated rings. The van der Waals surface area contributed by atoms with Crippen molar-refractivity contribution in [2.24, 2.45) is 0 Å². The summed E-state index contributed by atoms with van der Waals surface area (Å²) in [5.41, 5.74) is 1.89. The van der Waals surface area contributed by atoms with E-state index in [0.29, 0.717) is 10.6 Å². The number of aromatic nitrogens is 1. The van der Waals surface area contributed by atoms with E-state index in [1.165, 1.54) is 6.20 Å². The molecule has 0 aliphatic rings. The maximum Gasteiger partial charge on any atom is 0.258 e. The molecule has 2 rings (SSSR count). The SMILES string of the molecule is Cc1cc(Cl)c(C(=O)Nc2ccc(I)cc2)cn1. The van der Waals surface area contributed by atoms with Gasteiger partial charge in [-0.2, -0.15) is 0 Å². The molecule has 2 aromatic rings. The lowest BCUT2D eigenvalue weighted by molar-refractivity contribution is 0.102. The summed E-state index contributed by atoms with van der Waals surface area (Å²) in [6.07, 6.45) is 1.49. The van der Waals surface area contributed by atoms with E-state index >= 15 is 0 Å². The molecule has 5 heteroatoms. The van der Waals surface area contributed by atoms with Crippen molar-refractivity contribution >= 4 is 45.8 Å². The molecule has 0 bridgehead atoms. The summed E-state index contributed by atoms with van der Waals surface area (Å²) in [4.78, 5) is 16.1. The molecule has 1 aromatic carbocycles. The van der Waals surface area contributed by atoms with Crippen molar-refractivity contribution in [1.29, 1.82) is 0 Å². The van der Waals surface area contributed by atoms with Crippen molar-refractivity contribution in [3.63, 3.8) is 0 Å². The summed E-state index contributed by atoms with van der Waals surface area (Å²) in [5.74, 6) is -0.256. The van der Waals surface area contributed by atoms with Crippen LogP contribution in [0.2, 0.25) is 5.02 Å². The Labute approximate surface area is 124 Å². The molecule has 1 amide bonds. The van der Waals surface area contributed by atoms with Gasteiger partial charge in [-0.15, -0.1) is 0 Å². The number of amides is 1. The second-order valence-corrected chi connectivity index (χ2v) is 5.42. The zero-order valence-corrected chi connectivity index (χ0v) is 12.5. The number of rotatable bonds is 2. The van der Waals surface area contributed by atoms with E-state index in [-0.39, 0.29) is 5.91 Å². The van der Waals surface area contributed by atoms with E-state index in [1.807, 2.05) is 31.2 Å². The molecule has 0 atom stereocenters. The van der Waals surface area contributed by atoms with E-state index < -0.39 is 0 Å². The highest BCUT2D eigenvalue weighted by Crippen LogP contribution is 2.18. The fourth-order valence-corrected chi connectivity index (χ4v) is 2.08. The van der Waals surface area contributed by atoms with Gasteiger partial charge in [0.05, 0.1) is 10.6 Å². The van der Waals surface area contributed by atoms with E-state index in [0.717, 1.165) is 15.0 Å². The van der Waals surface area contributed by atoms with Gasteiger partial charge in [0.15, 0.2) is 0 Å². The lowest BCUT2D eigenvalue weighted by Gasteiger charge is -2.07. The van der Waals surface area contributed by atoms with E-state index in [1.54, 1.807) is 6.07 Å². The predicted octanol–water partition coefficient (Wildman–Crippen LogP) is 3.90. The first kappa shape index (κ1) is 13.3. The Balaban J connectivity index is 2.19. The van der Waals surface area contributed by atoms with Crippen molar-refractivity contribution in [2.45, 2.75) is 6.92 Å². The van der Waals surface area contributed by atoms with Gasteiger partial charge in [0, 0.05) is 21.1 Å². The van der Waals surface area contributed by atoms with Crippen LogP contribution in [-0.2, 0) is 0 Å². The number of anilines is 1. The molecule has 1 heterocycles. The molecule has 3 nitrogen and oxygen atoms in total. The topological polar surface area (TPSA) is 42.0 Å². The number of pyridine rings is 1. The van der Waals surface area contributed by atoms with Crippen LogP contribution in [0.4, 0.5) is 5.69 Å². The highest BCUT2D eigenvalue weighted by Gasteiger charge is 2.11. The number of nitrogens with zero attached hydrogens (tertiary/aromatic N) is 1. The summed E-state index contributed by atoms with van der Waals surface area (Å²) < 4.78 is 1.11. The summed E-state index contributed by atoms with van der Waals surface area (Å²) in [7, 11) is 0. The molecule has 0 radical (unpaired) electrons. The third-order valence-electron chi connectivity index (χ3n) is 2.34. The zero-order chi connectivity index (χ0) is 13.1. The molecule has 0 spiro atoms. The number of carbonyl (C=O) groups is 1. The second kappa shape index (κ2) is 5.67. The molecule has 92 valence electrons. The normalized spacial score (nSPS) is 10.2. The summed E-state index contributed by atoms with van der Waals surface area (Å²) >= 11 is 8.22. The Kier molecular flexibility index (Phi) is 4.19. The largest absolute Gasteiger partial charge is 0.322 e. The van der Waals surface area contributed by atoms with Gasteiger partial charge < -0.3 is 5.32 Å². The Bertz CT molecular complexity index is 584. The lowest BCUT2D eigenvalue weighted by Crippen LogP contribution is -2.13. The number of hydrogen-bond donors (Lipinski definition) is 1. The summed E-state index contributed by atoms with van der Waals surface area (Å²) in [5, 5.41) is 3.19. The van der Waals surface area contributed by atoms with Crippen LogP contribution in [0.15, 0.2) is 36.5 Å². The average molecular weight is 373 g/mol. The monoisotopic (exact) mass is 372 g/mol. The van der Waals surface area contributed by atoms with Crippen LogP contribution in [0, 0.1) is 10.5 Å². The van der Waals surface area contributed by atoms with Gasteiger partial charge in [0.2, 0.25) is 0 Å². The van der Waals surface area contributed by atoms with E-state index in [4.69, 9.17) is 11.6 Å². The molecular formula is C13H10ClIN2O. The van der Waals surface area contributed by atoms with Crippen LogP contribution in [-0.4, -0.2) is 10.9 Å². The highest BCUT2D eigenvalue weighted by molar-refractivity contribution is 14.1. The van der Waals surface area contributed by atoms with Gasteiger partial charge in [0.1, 0.15) is 0 Å². The molecule has 1 N–H and O–H groups in total. The minimum atomic E-state index is -0.256. The number of carbonyl (C=O) groups excluding carboxylic acids is 1. The van der Waals surface area contributed by atoms with Crippen LogP contribution in [0.5, 0.6) is 0 Å². The number of aryl methyl sites for hydroxylation is 1. The molecule has 0 saturated heterocycles. The first-order chi connectivity index (χ1) is 8.56. The number of hydrogen-bond acceptors (Lipinski definition) is 2. The lowest BCUT2D eigenvalue weighted by atomic mass is 10.2. The fraction of sp³-hybridized carbons (Fsp3) is 0.0769. The standard InChI is InChI=1S/C13H10ClIN2O/c1-8-6-12(14)11(7-16-8)13(18)17-10-4-2-9(15)3-5-10/h2-7H,1H3,(H,17,18). The van der Waals surface area contributed by atoms with Gasteiger partial charge in [-0.05, 0) is 59.8 Å². The van der Waals surface area contributed by atoms with Crippen molar-refractivity contribution in [3.05, 3.63) is 56.4 Å². The first-order valence-electron chi connectivity index (χ1n) is 5.25. The molecule has 0 aliphatic heterocycles. The predicted molar refractivity (Wildman–Crippen MR) is 81.1 cm³/mol. The average Bonchev–Trinajstić information content (AvgIpc) is 2.32. The van der Waals surface area contributed by atoms with Gasteiger partial charge in [0.25, 0.3) is 5.91 Å². The molecule has 1 aromatic heterocycles. The minimum absolute atomic E-state index is 0.256. The van der Waals surface area contributed by atoms with Crippen molar-refractivity contribution in [1.82, 2.24) is 4.98 Å². The smallest absolute Gasteiger partial charge is 0.258 e. The Hall–Kier alpha value is -1.14. The van der Waals surface area contributed by atoms with Crippen molar-refractivity contribution < 1.29 is 4.79 Å². The molecule has 18 heavy (non-hydrogen) atoms. The highest BCUT2D eigenvalue weighted by atomic mass is 127. The van der Waals surface area contributed by atoms with Crippen LogP contribution < -0.4 is 5.32 Å². The number of nitrogens with one attached hydrogen (secondary N) is 1.